The van der Waals surface area contributed by atoms with Gasteiger partial charge in [0.2, 0.25) is 0 Å². The lowest BCUT2D eigenvalue weighted by atomic mass is 10.1. The van der Waals surface area contributed by atoms with E-state index in [-0.39, 0.29) is 0 Å². The molecule has 1 N–H and O–H groups in total. The molecule has 0 atom stereocenters. The van der Waals surface area contributed by atoms with Gasteiger partial charge in [-0.1, -0.05) is 30.5 Å². The second-order valence-electron chi connectivity index (χ2n) is 2.48. The van der Waals surface area contributed by atoms with E-state index >= 15 is 0 Å². The van der Waals surface area contributed by atoms with Gasteiger partial charge in [-0.3, -0.25) is 0 Å². The average molecular weight is 149 g/mol. The van der Waals surface area contributed by atoms with E-state index in [4.69, 9.17) is 5.21 Å². The standard InChI is InChI=1S/C9H11NO/c1-3-7-5-9(10-11)6-8(7)4-2/h3-4,11H,1-2,5-6H2. The van der Waals surface area contributed by atoms with Gasteiger partial charge >= 0.3 is 0 Å². The van der Waals surface area contributed by atoms with Gasteiger partial charge in [0.25, 0.3) is 0 Å². The minimum Gasteiger partial charge on any atom is -0.411 e. The van der Waals surface area contributed by atoms with Crippen molar-refractivity contribution in [1.29, 1.82) is 0 Å². The summed E-state index contributed by atoms with van der Waals surface area (Å²) in [7, 11) is 0. The van der Waals surface area contributed by atoms with Crippen LogP contribution in [0, 0.1) is 0 Å². The highest BCUT2D eigenvalue weighted by atomic mass is 16.4. The third kappa shape index (κ3) is 1.40. The average Bonchev–Trinajstić information content (AvgIpc) is 2.46. The van der Waals surface area contributed by atoms with Gasteiger partial charge in [0.05, 0.1) is 5.71 Å². The van der Waals surface area contributed by atoms with Crippen molar-refractivity contribution in [2.75, 3.05) is 0 Å². The van der Waals surface area contributed by atoms with Crippen molar-refractivity contribution in [3.8, 4) is 0 Å². The Bertz CT molecular complexity index is 226. The van der Waals surface area contributed by atoms with Gasteiger partial charge in [0.1, 0.15) is 0 Å². The molecule has 11 heavy (non-hydrogen) atoms. The number of rotatable bonds is 2. The van der Waals surface area contributed by atoms with Gasteiger partial charge in [0, 0.05) is 12.8 Å². The van der Waals surface area contributed by atoms with E-state index in [1.54, 1.807) is 12.2 Å². The van der Waals surface area contributed by atoms with Gasteiger partial charge in [0.15, 0.2) is 0 Å². The highest BCUT2D eigenvalue weighted by Crippen LogP contribution is 2.25. The minimum atomic E-state index is 0.710. The minimum absolute atomic E-state index is 0.710. The Morgan fingerprint density at radius 1 is 1.18 bits per heavy atom. The molecule has 0 amide bonds. The predicted octanol–water partition coefficient (Wildman–Crippen LogP) is 2.28. The molecule has 0 aromatic rings. The molecule has 0 aromatic heterocycles. The van der Waals surface area contributed by atoms with E-state index in [2.05, 4.69) is 18.3 Å². The number of allylic oxidation sites excluding steroid dienone is 4. The van der Waals surface area contributed by atoms with Crippen molar-refractivity contribution < 1.29 is 5.21 Å². The third-order valence-electron chi connectivity index (χ3n) is 1.84. The highest BCUT2D eigenvalue weighted by molar-refractivity contribution is 5.93. The van der Waals surface area contributed by atoms with Crippen LogP contribution in [0.4, 0.5) is 0 Å². The molecular formula is C9H11NO. The fourth-order valence-corrected chi connectivity index (χ4v) is 1.21. The number of hydrogen-bond acceptors (Lipinski definition) is 2. The first-order valence-corrected chi connectivity index (χ1v) is 3.48. The molecule has 0 radical (unpaired) electrons. The summed E-state index contributed by atoms with van der Waals surface area (Å²) in [6.45, 7) is 7.33. The molecule has 0 saturated heterocycles. The van der Waals surface area contributed by atoms with E-state index < -0.39 is 0 Å². The summed E-state index contributed by atoms with van der Waals surface area (Å²) in [5.74, 6) is 0. The molecule has 1 aliphatic rings. The fourth-order valence-electron chi connectivity index (χ4n) is 1.21. The Kier molecular flexibility index (Phi) is 2.26. The molecule has 58 valence electrons. The maximum atomic E-state index is 8.49. The summed E-state index contributed by atoms with van der Waals surface area (Å²) in [6.07, 6.45) is 4.99. The molecule has 0 aliphatic heterocycles. The van der Waals surface area contributed by atoms with Crippen LogP contribution in [0.5, 0.6) is 0 Å². The summed E-state index contributed by atoms with van der Waals surface area (Å²) in [6, 6.07) is 0. The smallest absolute Gasteiger partial charge is 0.0658 e. The van der Waals surface area contributed by atoms with Gasteiger partial charge in [-0.15, -0.1) is 0 Å². The topological polar surface area (TPSA) is 32.6 Å². The Labute approximate surface area is 66.2 Å². The largest absolute Gasteiger partial charge is 0.411 e. The number of hydrogen-bond donors (Lipinski definition) is 1. The molecule has 0 unspecified atom stereocenters. The molecule has 0 saturated carbocycles. The predicted molar refractivity (Wildman–Crippen MR) is 45.9 cm³/mol. The Morgan fingerprint density at radius 2 is 1.64 bits per heavy atom. The van der Waals surface area contributed by atoms with Gasteiger partial charge in [-0.2, -0.15) is 0 Å². The number of nitrogens with zero attached hydrogens (tertiary/aromatic N) is 1. The second kappa shape index (κ2) is 3.19. The van der Waals surface area contributed by atoms with E-state index in [9.17, 15) is 0 Å². The van der Waals surface area contributed by atoms with Crippen LogP contribution in [0.25, 0.3) is 0 Å². The van der Waals surface area contributed by atoms with E-state index in [0.717, 1.165) is 16.9 Å². The third-order valence-corrected chi connectivity index (χ3v) is 1.84. The second-order valence-corrected chi connectivity index (χ2v) is 2.48. The van der Waals surface area contributed by atoms with Crippen molar-refractivity contribution in [3.63, 3.8) is 0 Å². The first kappa shape index (κ1) is 7.79. The molecule has 0 heterocycles. The Hall–Kier alpha value is -1.31. The zero-order valence-corrected chi connectivity index (χ0v) is 6.38. The van der Waals surface area contributed by atoms with E-state index in [1.807, 2.05) is 0 Å². The van der Waals surface area contributed by atoms with Gasteiger partial charge < -0.3 is 5.21 Å². The van der Waals surface area contributed by atoms with Crippen LogP contribution in [0.2, 0.25) is 0 Å². The lowest BCUT2D eigenvalue weighted by molar-refractivity contribution is 0.317. The lowest BCUT2D eigenvalue weighted by Gasteiger charge is -1.91. The van der Waals surface area contributed by atoms with Crippen LogP contribution in [-0.4, -0.2) is 10.9 Å². The summed E-state index contributed by atoms with van der Waals surface area (Å²) >= 11 is 0. The molecule has 0 fully saturated rings. The molecule has 2 nitrogen and oxygen atoms in total. The summed E-state index contributed by atoms with van der Waals surface area (Å²) in [5.41, 5.74) is 3.02. The molecule has 1 rings (SSSR count). The van der Waals surface area contributed by atoms with Crippen molar-refractivity contribution >= 4 is 5.71 Å². The first-order chi connectivity index (χ1) is 5.31. The Morgan fingerprint density at radius 3 is 1.91 bits per heavy atom. The maximum Gasteiger partial charge on any atom is 0.0658 e. The maximum absolute atomic E-state index is 8.49. The van der Waals surface area contributed by atoms with Crippen LogP contribution in [0.3, 0.4) is 0 Å². The zero-order valence-electron chi connectivity index (χ0n) is 6.38. The Balaban J connectivity index is 2.87. The zero-order chi connectivity index (χ0) is 8.27. The van der Waals surface area contributed by atoms with Crippen molar-refractivity contribution in [1.82, 2.24) is 0 Å². The van der Waals surface area contributed by atoms with Crippen LogP contribution < -0.4 is 0 Å². The van der Waals surface area contributed by atoms with E-state index in [1.165, 1.54) is 0 Å². The summed E-state index contributed by atoms with van der Waals surface area (Å²) in [5, 5.41) is 11.6. The van der Waals surface area contributed by atoms with Crippen LogP contribution >= 0.6 is 0 Å². The van der Waals surface area contributed by atoms with Gasteiger partial charge in [-0.05, 0) is 11.1 Å². The molecule has 2 heteroatoms. The lowest BCUT2D eigenvalue weighted by Crippen LogP contribution is -1.89. The normalized spacial score (nSPS) is 16.9. The summed E-state index contributed by atoms with van der Waals surface area (Å²) < 4.78 is 0. The quantitative estimate of drug-likeness (QED) is 0.474. The molecular weight excluding hydrogens is 138 g/mol. The number of oxime groups is 1. The molecule has 0 spiro atoms. The first-order valence-electron chi connectivity index (χ1n) is 3.48. The van der Waals surface area contributed by atoms with Crippen molar-refractivity contribution in [2.24, 2.45) is 5.16 Å². The van der Waals surface area contributed by atoms with Crippen LogP contribution in [-0.2, 0) is 0 Å². The SMILES string of the molecule is C=CC1=C(C=C)CC(=NO)C1. The van der Waals surface area contributed by atoms with Crippen molar-refractivity contribution in [2.45, 2.75) is 12.8 Å². The monoisotopic (exact) mass is 149 g/mol. The van der Waals surface area contributed by atoms with E-state index in [0.29, 0.717) is 12.8 Å². The molecule has 1 aliphatic carbocycles. The summed E-state index contributed by atoms with van der Waals surface area (Å²) in [4.78, 5) is 0. The van der Waals surface area contributed by atoms with Gasteiger partial charge in [-0.25, -0.2) is 0 Å². The molecule has 0 bridgehead atoms. The fraction of sp³-hybridized carbons (Fsp3) is 0.222. The highest BCUT2D eigenvalue weighted by Gasteiger charge is 2.15. The van der Waals surface area contributed by atoms with Crippen LogP contribution in [0.15, 0.2) is 41.6 Å². The van der Waals surface area contributed by atoms with Crippen molar-refractivity contribution in [3.05, 3.63) is 36.5 Å². The van der Waals surface area contributed by atoms with Crippen LogP contribution in [0.1, 0.15) is 12.8 Å². The molecule has 0 aromatic carbocycles.